The van der Waals surface area contributed by atoms with E-state index in [9.17, 15) is 5.26 Å². The van der Waals surface area contributed by atoms with Gasteiger partial charge in [-0.2, -0.15) is 35.6 Å². The zero-order valence-corrected chi connectivity index (χ0v) is 37.8. The number of nitriles is 1. The summed E-state index contributed by atoms with van der Waals surface area (Å²) in [5.41, 5.74) is 10.8. The van der Waals surface area contributed by atoms with Crippen molar-refractivity contribution in [1.82, 2.24) is 14.1 Å². The SMILES string of the molecule is CC(C)(C)c1ccc2c3ccc(C(C)(C)C)cc3n(-c3c(C#N)ccc4c3oc3c(-c5ccccn5)[c-]cc(C(C)(C)C)c34)c2c1.C[n+]1[c-]n(-c2[c-]cccc2)cc1.[Ir+3]. The van der Waals surface area contributed by atoms with Crippen molar-refractivity contribution in [3.63, 3.8) is 0 Å². The maximum absolute atomic E-state index is 10.7. The Morgan fingerprint density at radius 1 is 0.729 bits per heavy atom. The van der Waals surface area contributed by atoms with E-state index in [0.717, 1.165) is 66.4 Å². The summed E-state index contributed by atoms with van der Waals surface area (Å²) >= 11 is 0. The predicted octanol–water partition coefficient (Wildman–Crippen LogP) is 12.2. The van der Waals surface area contributed by atoms with Crippen LogP contribution in [-0.2, 0) is 43.4 Å². The Bertz CT molecular complexity index is 2940. The van der Waals surface area contributed by atoms with Gasteiger partial charge in [-0.15, -0.1) is 17.7 Å². The van der Waals surface area contributed by atoms with Gasteiger partial charge in [-0.25, -0.2) is 0 Å². The van der Waals surface area contributed by atoms with Crippen LogP contribution in [0.4, 0.5) is 0 Å². The fourth-order valence-electron chi connectivity index (χ4n) is 7.74. The molecule has 9 rings (SSSR count). The largest absolute Gasteiger partial charge is 3.00 e. The molecular formula is C52H49IrN5O+. The Kier molecular flexibility index (Phi) is 10.8. The van der Waals surface area contributed by atoms with Gasteiger partial charge in [0.2, 0.25) is 6.33 Å². The van der Waals surface area contributed by atoms with Gasteiger partial charge < -0.3 is 23.1 Å². The van der Waals surface area contributed by atoms with Gasteiger partial charge in [0.1, 0.15) is 17.3 Å². The van der Waals surface area contributed by atoms with Crippen LogP contribution in [0.1, 0.15) is 84.6 Å². The smallest absolute Gasteiger partial charge is 0.498 e. The molecule has 0 aliphatic rings. The van der Waals surface area contributed by atoms with Crippen LogP contribution in [0.25, 0.3) is 66.4 Å². The van der Waals surface area contributed by atoms with E-state index < -0.39 is 0 Å². The molecule has 296 valence electrons. The molecule has 4 aromatic heterocycles. The van der Waals surface area contributed by atoms with E-state index >= 15 is 0 Å². The van der Waals surface area contributed by atoms with Gasteiger partial charge in [0.05, 0.1) is 29.2 Å². The molecule has 0 amide bonds. The number of nitrogens with zero attached hydrogens (tertiary/aromatic N) is 5. The van der Waals surface area contributed by atoms with Crippen LogP contribution >= 0.6 is 0 Å². The first-order valence-electron chi connectivity index (χ1n) is 19.8. The second-order valence-corrected chi connectivity index (χ2v) is 18.2. The third-order valence-corrected chi connectivity index (χ3v) is 10.9. The normalized spacial score (nSPS) is 12.1. The van der Waals surface area contributed by atoms with Gasteiger partial charge in [0, 0.05) is 34.7 Å². The maximum Gasteiger partial charge on any atom is 3.00 e. The Hall–Kier alpha value is -5.80. The molecule has 0 unspecified atom stereocenters. The van der Waals surface area contributed by atoms with Crippen LogP contribution in [0.15, 0.2) is 120 Å². The summed E-state index contributed by atoms with van der Waals surface area (Å²) in [6.07, 6.45) is 8.79. The number of aromatic nitrogens is 4. The summed E-state index contributed by atoms with van der Waals surface area (Å²) in [6.45, 7) is 20.1. The number of hydrogen-bond acceptors (Lipinski definition) is 3. The van der Waals surface area contributed by atoms with Gasteiger partial charge >= 0.3 is 20.1 Å². The Balaban J connectivity index is 0.000000347. The van der Waals surface area contributed by atoms with Crippen molar-refractivity contribution in [3.8, 4) is 28.7 Å². The van der Waals surface area contributed by atoms with Gasteiger partial charge in [-0.3, -0.25) is 0 Å². The van der Waals surface area contributed by atoms with Crippen LogP contribution in [0, 0.1) is 29.8 Å². The Morgan fingerprint density at radius 2 is 1.37 bits per heavy atom. The molecule has 0 saturated carbocycles. The molecule has 4 heterocycles. The number of furan rings is 1. The minimum atomic E-state index is -0.168. The summed E-state index contributed by atoms with van der Waals surface area (Å²) in [7, 11) is 1.94. The summed E-state index contributed by atoms with van der Waals surface area (Å²) in [6, 6.07) is 42.5. The number of fused-ring (bicyclic) bond motifs is 6. The van der Waals surface area contributed by atoms with Crippen molar-refractivity contribution >= 4 is 43.7 Å². The number of aryl methyl sites for hydroxylation is 1. The number of benzene rings is 5. The first-order chi connectivity index (χ1) is 27.5. The van der Waals surface area contributed by atoms with Crippen LogP contribution < -0.4 is 4.57 Å². The minimum absolute atomic E-state index is 0. The van der Waals surface area contributed by atoms with Crippen LogP contribution in [0.3, 0.4) is 0 Å². The van der Waals surface area contributed by atoms with Gasteiger partial charge in [0.15, 0.2) is 0 Å². The summed E-state index contributed by atoms with van der Waals surface area (Å²) in [4.78, 5) is 4.67. The summed E-state index contributed by atoms with van der Waals surface area (Å²) in [5, 5.41) is 15.0. The molecule has 7 heteroatoms. The second kappa shape index (κ2) is 15.4. The molecule has 9 aromatic rings. The van der Waals surface area contributed by atoms with Crippen molar-refractivity contribution in [2.24, 2.45) is 7.05 Å². The average molecular weight is 952 g/mol. The summed E-state index contributed by atoms with van der Waals surface area (Å²) in [5.74, 6) is 0. The predicted molar refractivity (Wildman–Crippen MR) is 236 cm³/mol. The van der Waals surface area contributed by atoms with E-state index in [2.05, 4.69) is 145 Å². The van der Waals surface area contributed by atoms with Crippen LogP contribution in [0.5, 0.6) is 0 Å². The van der Waals surface area contributed by atoms with Gasteiger partial charge in [-0.1, -0.05) is 121 Å². The van der Waals surface area contributed by atoms with Crippen molar-refractivity contribution in [2.45, 2.75) is 78.6 Å². The molecule has 0 aliphatic heterocycles. The quantitative estimate of drug-likeness (QED) is 0.131. The first-order valence-corrected chi connectivity index (χ1v) is 19.8. The molecule has 5 aromatic carbocycles. The zero-order chi connectivity index (χ0) is 41.1. The number of imidazole rings is 1. The topological polar surface area (TPSA) is 63.6 Å². The van der Waals surface area contributed by atoms with E-state index in [1.807, 2.05) is 77.1 Å². The third kappa shape index (κ3) is 7.64. The molecule has 0 atom stereocenters. The van der Waals surface area contributed by atoms with Crippen LogP contribution in [0.2, 0.25) is 0 Å². The fraction of sp³-hybridized carbons (Fsp3) is 0.250. The zero-order valence-electron chi connectivity index (χ0n) is 35.4. The Morgan fingerprint density at radius 3 is 1.90 bits per heavy atom. The van der Waals surface area contributed by atoms with E-state index in [4.69, 9.17) is 4.42 Å². The van der Waals surface area contributed by atoms with E-state index in [-0.39, 0.29) is 36.4 Å². The molecule has 0 fully saturated rings. The molecule has 0 bridgehead atoms. The molecule has 0 saturated heterocycles. The van der Waals surface area contributed by atoms with Gasteiger partial charge in [0.25, 0.3) is 0 Å². The minimum Gasteiger partial charge on any atom is -0.498 e. The molecule has 0 N–H and O–H groups in total. The average Bonchev–Trinajstić information content (AvgIpc) is 3.90. The number of hydrogen-bond donors (Lipinski definition) is 0. The molecule has 0 radical (unpaired) electrons. The molecule has 0 aliphatic carbocycles. The fourth-order valence-corrected chi connectivity index (χ4v) is 7.74. The van der Waals surface area contributed by atoms with Crippen molar-refractivity contribution in [2.75, 3.05) is 0 Å². The van der Waals surface area contributed by atoms with E-state index in [1.165, 1.54) is 11.1 Å². The van der Waals surface area contributed by atoms with E-state index in [0.29, 0.717) is 11.1 Å². The van der Waals surface area contributed by atoms with Crippen molar-refractivity contribution in [3.05, 3.63) is 156 Å². The van der Waals surface area contributed by atoms with Crippen LogP contribution in [-0.4, -0.2) is 14.1 Å². The standard InChI is InChI=1S/C42H40N3O.C10H9N2.Ir/c1-40(2,3)26-14-17-28-29-18-15-27(41(4,5)6)23-35(29)45(34(28)22-26)37-25(24-43)13-16-31-36-32(42(7,8)9)20-19-30(38(36)46-39(31)37)33-12-10-11-21-44-33;1-11-7-8-12(9-11)10-5-3-2-4-6-10;/h10-18,20-23H,1-9H3;2-5,7-8H,1H3;/q2*-1;+3. The molecule has 6 nitrogen and oxygen atoms in total. The number of para-hydroxylation sites is 1. The number of rotatable bonds is 3. The second-order valence-electron chi connectivity index (χ2n) is 18.2. The Labute approximate surface area is 361 Å². The molecule has 0 spiro atoms. The number of pyridine rings is 1. The summed E-state index contributed by atoms with van der Waals surface area (Å²) < 4.78 is 13.1. The van der Waals surface area contributed by atoms with E-state index in [1.54, 1.807) is 6.20 Å². The molecule has 59 heavy (non-hydrogen) atoms. The van der Waals surface area contributed by atoms with Gasteiger partial charge in [-0.05, 0) is 57.3 Å². The monoisotopic (exact) mass is 952 g/mol. The maximum atomic E-state index is 10.7. The molecular weight excluding hydrogens is 903 g/mol. The first kappa shape index (κ1) is 41.4. The third-order valence-electron chi connectivity index (χ3n) is 10.9. The van der Waals surface area contributed by atoms with Crippen molar-refractivity contribution in [1.29, 1.82) is 5.26 Å². The van der Waals surface area contributed by atoms with Crippen molar-refractivity contribution < 1.29 is 29.1 Å².